The molecule has 0 heterocycles. The Labute approximate surface area is 139 Å². The highest BCUT2D eigenvalue weighted by Crippen LogP contribution is 2.28. The molecule has 2 aromatic carbocycles. The average Bonchev–Trinajstić information content (AvgIpc) is 2.46. The Balaban J connectivity index is 2.46. The van der Waals surface area contributed by atoms with E-state index >= 15 is 0 Å². The molecule has 0 aliphatic heterocycles. The van der Waals surface area contributed by atoms with Crippen molar-refractivity contribution >= 4 is 27.4 Å². The summed E-state index contributed by atoms with van der Waals surface area (Å²) in [6, 6.07) is 12.9. The number of benzene rings is 2. The van der Waals surface area contributed by atoms with Gasteiger partial charge in [-0.1, -0.05) is 28.1 Å². The van der Waals surface area contributed by atoms with Gasteiger partial charge in [-0.3, -0.25) is 4.79 Å². The van der Waals surface area contributed by atoms with E-state index in [1.54, 1.807) is 13.2 Å². The van der Waals surface area contributed by atoms with Gasteiger partial charge in [0.15, 0.2) is 5.78 Å². The van der Waals surface area contributed by atoms with Crippen molar-refractivity contribution in [1.82, 2.24) is 0 Å². The highest BCUT2D eigenvalue weighted by molar-refractivity contribution is 9.10. The third-order valence-corrected chi connectivity index (χ3v) is 3.79. The van der Waals surface area contributed by atoms with E-state index < -0.39 is 0 Å². The summed E-state index contributed by atoms with van der Waals surface area (Å²) in [6.45, 7) is 6.20. The second-order valence-electron chi connectivity index (χ2n) is 6.10. The fourth-order valence-corrected chi connectivity index (χ4v) is 2.57. The van der Waals surface area contributed by atoms with E-state index in [4.69, 9.17) is 4.74 Å². The molecular weight excluding hydrogens is 342 g/mol. The van der Waals surface area contributed by atoms with Crippen LogP contribution in [-0.4, -0.2) is 18.4 Å². The van der Waals surface area contributed by atoms with Gasteiger partial charge >= 0.3 is 0 Å². The predicted octanol–water partition coefficient (Wildman–Crippen LogP) is 4.90. The number of nitrogens with one attached hydrogen (secondary N) is 1. The number of hydrogen-bond acceptors (Lipinski definition) is 3. The Bertz CT molecular complexity index is 690. The quantitative estimate of drug-likeness (QED) is 0.787. The summed E-state index contributed by atoms with van der Waals surface area (Å²) in [6.07, 6.45) is 0. The predicted molar refractivity (Wildman–Crippen MR) is 93.9 cm³/mol. The van der Waals surface area contributed by atoms with Crippen LogP contribution >= 0.6 is 15.9 Å². The molecule has 2 aromatic rings. The van der Waals surface area contributed by atoms with Crippen LogP contribution in [0.15, 0.2) is 46.9 Å². The Morgan fingerprint density at radius 2 is 1.77 bits per heavy atom. The number of anilines is 1. The molecule has 0 unspecified atom stereocenters. The highest BCUT2D eigenvalue weighted by Gasteiger charge is 2.19. The molecule has 0 spiro atoms. The first-order valence-corrected chi connectivity index (χ1v) is 7.86. The molecule has 22 heavy (non-hydrogen) atoms. The van der Waals surface area contributed by atoms with Crippen LogP contribution in [0.1, 0.15) is 36.7 Å². The molecule has 0 fully saturated rings. The summed E-state index contributed by atoms with van der Waals surface area (Å²) >= 11 is 3.45. The molecule has 0 aliphatic rings. The summed E-state index contributed by atoms with van der Waals surface area (Å²) in [7, 11) is 1.59. The molecule has 0 atom stereocenters. The van der Waals surface area contributed by atoms with E-state index in [9.17, 15) is 4.79 Å². The summed E-state index contributed by atoms with van der Waals surface area (Å²) in [4.78, 5) is 12.9. The molecule has 4 heteroatoms. The van der Waals surface area contributed by atoms with Gasteiger partial charge in [-0.25, -0.2) is 0 Å². The number of halogens is 1. The van der Waals surface area contributed by atoms with Crippen LogP contribution in [0.2, 0.25) is 0 Å². The van der Waals surface area contributed by atoms with Gasteiger partial charge in [0.2, 0.25) is 0 Å². The van der Waals surface area contributed by atoms with Crippen molar-refractivity contribution in [2.24, 2.45) is 0 Å². The fraction of sp³-hybridized carbons (Fsp3) is 0.278. The van der Waals surface area contributed by atoms with Crippen LogP contribution in [0.25, 0.3) is 0 Å². The van der Waals surface area contributed by atoms with Gasteiger partial charge in [-0.15, -0.1) is 0 Å². The molecule has 2 rings (SSSR count). The van der Waals surface area contributed by atoms with E-state index in [1.165, 1.54) is 0 Å². The van der Waals surface area contributed by atoms with Gasteiger partial charge in [0.25, 0.3) is 0 Å². The van der Waals surface area contributed by atoms with Crippen molar-refractivity contribution in [2.45, 2.75) is 26.3 Å². The van der Waals surface area contributed by atoms with Crippen LogP contribution in [0.3, 0.4) is 0 Å². The van der Waals surface area contributed by atoms with E-state index in [-0.39, 0.29) is 11.3 Å². The number of rotatable bonds is 4. The third-order valence-electron chi connectivity index (χ3n) is 3.10. The SMILES string of the molecule is COc1ccc(Br)c(C(=O)c2ccccc2NC(C)(C)C)c1. The standard InChI is InChI=1S/C18H20BrNO2/c1-18(2,3)20-16-8-6-5-7-13(16)17(21)14-11-12(22-4)9-10-15(14)19/h5-11,20H,1-4H3. The van der Waals surface area contributed by atoms with Gasteiger partial charge in [0.1, 0.15) is 5.75 Å². The lowest BCUT2D eigenvalue weighted by Gasteiger charge is -2.24. The number of methoxy groups -OCH3 is 1. The lowest BCUT2D eigenvalue weighted by atomic mass is 9.99. The topological polar surface area (TPSA) is 38.3 Å². The molecule has 0 aromatic heterocycles. The monoisotopic (exact) mass is 361 g/mol. The molecule has 3 nitrogen and oxygen atoms in total. The number of ether oxygens (including phenoxy) is 1. The van der Waals surface area contributed by atoms with Gasteiger partial charge in [0, 0.05) is 26.8 Å². The second-order valence-corrected chi connectivity index (χ2v) is 6.95. The van der Waals surface area contributed by atoms with E-state index in [2.05, 4.69) is 42.0 Å². The maximum atomic E-state index is 12.9. The van der Waals surface area contributed by atoms with Crippen molar-refractivity contribution in [1.29, 1.82) is 0 Å². The first-order chi connectivity index (χ1) is 10.3. The summed E-state index contributed by atoms with van der Waals surface area (Å²) in [5, 5.41) is 3.38. The maximum absolute atomic E-state index is 12.9. The van der Waals surface area contributed by atoms with Gasteiger partial charge in [-0.05, 0) is 51.1 Å². The van der Waals surface area contributed by atoms with Crippen molar-refractivity contribution in [3.05, 3.63) is 58.1 Å². The van der Waals surface area contributed by atoms with Crippen LogP contribution in [-0.2, 0) is 0 Å². The molecule has 0 saturated heterocycles. The molecule has 0 amide bonds. The first-order valence-electron chi connectivity index (χ1n) is 7.07. The normalized spacial score (nSPS) is 11.1. The molecular formula is C18H20BrNO2. The van der Waals surface area contributed by atoms with E-state index in [0.717, 1.165) is 10.2 Å². The Hall–Kier alpha value is -1.81. The summed E-state index contributed by atoms with van der Waals surface area (Å²) in [5.74, 6) is 0.617. The second kappa shape index (κ2) is 6.53. The lowest BCUT2D eigenvalue weighted by Crippen LogP contribution is -2.27. The number of hydrogen-bond donors (Lipinski definition) is 1. The Morgan fingerprint density at radius 3 is 2.41 bits per heavy atom. The van der Waals surface area contributed by atoms with Gasteiger partial charge in [0.05, 0.1) is 7.11 Å². The van der Waals surface area contributed by atoms with E-state index in [1.807, 2.05) is 36.4 Å². The zero-order valence-corrected chi connectivity index (χ0v) is 14.8. The van der Waals surface area contributed by atoms with Crippen molar-refractivity contribution in [3.8, 4) is 5.75 Å². The van der Waals surface area contributed by atoms with Crippen molar-refractivity contribution in [2.75, 3.05) is 12.4 Å². The minimum absolute atomic E-state index is 0.0434. The van der Waals surface area contributed by atoms with Crippen LogP contribution in [0.4, 0.5) is 5.69 Å². The zero-order chi connectivity index (χ0) is 16.3. The number of carbonyl (C=O) groups excluding carboxylic acids is 1. The third kappa shape index (κ3) is 3.89. The minimum Gasteiger partial charge on any atom is -0.497 e. The van der Waals surface area contributed by atoms with Crippen LogP contribution in [0.5, 0.6) is 5.75 Å². The maximum Gasteiger partial charge on any atom is 0.196 e. The smallest absolute Gasteiger partial charge is 0.196 e. The lowest BCUT2D eigenvalue weighted by molar-refractivity contribution is 0.103. The van der Waals surface area contributed by atoms with Crippen molar-refractivity contribution in [3.63, 3.8) is 0 Å². The van der Waals surface area contributed by atoms with Gasteiger partial charge < -0.3 is 10.1 Å². The number of para-hydroxylation sites is 1. The van der Waals surface area contributed by atoms with Crippen LogP contribution < -0.4 is 10.1 Å². The summed E-state index contributed by atoms with van der Waals surface area (Å²) in [5.41, 5.74) is 1.94. The largest absolute Gasteiger partial charge is 0.497 e. The highest BCUT2D eigenvalue weighted by atomic mass is 79.9. The average molecular weight is 362 g/mol. The number of carbonyl (C=O) groups is 1. The number of ketones is 1. The molecule has 0 aliphatic carbocycles. The first kappa shape index (κ1) is 16.6. The Kier molecular flexibility index (Phi) is 4.91. The zero-order valence-electron chi connectivity index (χ0n) is 13.2. The van der Waals surface area contributed by atoms with E-state index in [0.29, 0.717) is 16.9 Å². The molecule has 0 bridgehead atoms. The molecule has 0 saturated carbocycles. The minimum atomic E-state index is -0.123. The van der Waals surface area contributed by atoms with Crippen LogP contribution in [0, 0.1) is 0 Å². The molecule has 1 N–H and O–H groups in total. The van der Waals surface area contributed by atoms with Crippen molar-refractivity contribution < 1.29 is 9.53 Å². The fourth-order valence-electron chi connectivity index (χ4n) is 2.14. The molecule has 116 valence electrons. The molecule has 0 radical (unpaired) electrons. The Morgan fingerprint density at radius 1 is 1.09 bits per heavy atom. The van der Waals surface area contributed by atoms with Gasteiger partial charge in [-0.2, -0.15) is 0 Å². The summed E-state index contributed by atoms with van der Waals surface area (Å²) < 4.78 is 5.97.